The average Bonchev–Trinajstić information content (AvgIpc) is 3.22. The summed E-state index contributed by atoms with van der Waals surface area (Å²) in [7, 11) is 0. The predicted octanol–water partition coefficient (Wildman–Crippen LogP) is 4.44. The van der Waals surface area contributed by atoms with Crippen LogP contribution in [-0.4, -0.2) is 28.9 Å². The number of likely N-dealkylation sites (tertiary alicyclic amines) is 1. The van der Waals surface area contributed by atoms with Crippen molar-refractivity contribution in [2.75, 3.05) is 18.4 Å². The van der Waals surface area contributed by atoms with Crippen molar-refractivity contribution >= 4 is 32.6 Å². The van der Waals surface area contributed by atoms with Crippen molar-refractivity contribution in [3.63, 3.8) is 0 Å². The smallest absolute Gasteiger partial charge is 0.293 e. The lowest BCUT2D eigenvalue weighted by atomic mass is 10.1. The maximum atomic E-state index is 12.4. The molecule has 3 heterocycles. The number of furan rings is 1. The number of benzene rings is 1. The molecule has 0 saturated carbocycles. The number of aromatic nitrogens is 1. The number of anilines is 1. The molecule has 4 rings (SSSR count). The van der Waals surface area contributed by atoms with Crippen molar-refractivity contribution in [3.05, 3.63) is 47.4 Å². The number of thiazole rings is 1. The Bertz CT molecular complexity index is 893. The lowest BCUT2D eigenvalue weighted by molar-refractivity contribution is 0.0992. The van der Waals surface area contributed by atoms with Gasteiger partial charge in [-0.1, -0.05) is 23.8 Å². The Morgan fingerprint density at radius 1 is 1.24 bits per heavy atom. The molecule has 0 radical (unpaired) electrons. The fourth-order valence-corrected chi connectivity index (χ4v) is 4.13. The summed E-state index contributed by atoms with van der Waals surface area (Å²) in [4.78, 5) is 19.2. The van der Waals surface area contributed by atoms with E-state index in [9.17, 15) is 4.79 Å². The minimum Gasteiger partial charge on any atom is -0.455 e. The molecule has 5 nitrogen and oxygen atoms in total. The van der Waals surface area contributed by atoms with E-state index >= 15 is 0 Å². The molecule has 0 spiro atoms. The van der Waals surface area contributed by atoms with Crippen molar-refractivity contribution in [1.29, 1.82) is 0 Å². The van der Waals surface area contributed by atoms with Gasteiger partial charge in [-0.15, -0.1) is 0 Å². The molecule has 1 N–H and O–H groups in total. The molecule has 1 amide bonds. The fourth-order valence-electron chi connectivity index (χ4n) is 3.17. The maximum absolute atomic E-state index is 12.4. The molecular weight excluding hydrogens is 334 g/mol. The zero-order chi connectivity index (χ0) is 17.2. The number of hydrogen-bond donors (Lipinski definition) is 1. The molecule has 0 aliphatic carbocycles. The van der Waals surface area contributed by atoms with Gasteiger partial charge in [-0.2, -0.15) is 0 Å². The van der Waals surface area contributed by atoms with Crippen LogP contribution in [0.25, 0.3) is 10.2 Å². The third kappa shape index (κ3) is 3.75. The standard InChI is InChI=1S/C19H21N3O2S/c1-13-5-7-15-17(11-13)25-19(20-15)21-18(23)16-8-6-14(24-16)12-22-9-3-2-4-10-22/h5-8,11H,2-4,9-10,12H2,1H3,(H,20,21,23). The van der Waals surface area contributed by atoms with Crippen LogP contribution in [0.1, 0.15) is 41.1 Å². The Hall–Kier alpha value is -2.18. The Balaban J connectivity index is 1.43. The van der Waals surface area contributed by atoms with Gasteiger partial charge in [-0.05, 0) is 62.7 Å². The van der Waals surface area contributed by atoms with Crippen LogP contribution < -0.4 is 5.32 Å². The topological polar surface area (TPSA) is 58.4 Å². The number of hydrogen-bond acceptors (Lipinski definition) is 5. The van der Waals surface area contributed by atoms with Gasteiger partial charge in [-0.3, -0.25) is 15.0 Å². The number of carbonyl (C=O) groups is 1. The highest BCUT2D eigenvalue weighted by atomic mass is 32.1. The van der Waals surface area contributed by atoms with Crippen LogP contribution in [-0.2, 0) is 6.54 Å². The fraction of sp³-hybridized carbons (Fsp3) is 0.368. The van der Waals surface area contributed by atoms with Crippen LogP contribution in [0, 0.1) is 6.92 Å². The predicted molar refractivity (Wildman–Crippen MR) is 100 cm³/mol. The molecule has 6 heteroatoms. The first-order chi connectivity index (χ1) is 12.2. The first kappa shape index (κ1) is 16.3. The monoisotopic (exact) mass is 355 g/mol. The van der Waals surface area contributed by atoms with Crippen molar-refractivity contribution in [2.24, 2.45) is 0 Å². The van der Waals surface area contributed by atoms with Crippen LogP contribution in [0.4, 0.5) is 5.13 Å². The van der Waals surface area contributed by atoms with E-state index in [4.69, 9.17) is 4.42 Å². The number of carbonyl (C=O) groups excluding carboxylic acids is 1. The van der Waals surface area contributed by atoms with Gasteiger partial charge in [0, 0.05) is 0 Å². The van der Waals surface area contributed by atoms with E-state index in [-0.39, 0.29) is 5.91 Å². The Morgan fingerprint density at radius 3 is 2.92 bits per heavy atom. The molecule has 1 saturated heterocycles. The lowest BCUT2D eigenvalue weighted by Gasteiger charge is -2.25. The van der Waals surface area contributed by atoms with Gasteiger partial charge in [0.2, 0.25) is 0 Å². The summed E-state index contributed by atoms with van der Waals surface area (Å²) in [6.07, 6.45) is 3.79. The second kappa shape index (κ2) is 6.98. The van der Waals surface area contributed by atoms with Crippen LogP contribution >= 0.6 is 11.3 Å². The summed E-state index contributed by atoms with van der Waals surface area (Å²) < 4.78 is 6.81. The quantitative estimate of drug-likeness (QED) is 0.752. The van der Waals surface area contributed by atoms with Gasteiger partial charge in [-0.25, -0.2) is 4.98 Å². The average molecular weight is 355 g/mol. The molecule has 0 bridgehead atoms. The summed E-state index contributed by atoms with van der Waals surface area (Å²) in [6, 6.07) is 9.71. The minimum absolute atomic E-state index is 0.249. The van der Waals surface area contributed by atoms with E-state index < -0.39 is 0 Å². The third-order valence-electron chi connectivity index (χ3n) is 4.48. The van der Waals surface area contributed by atoms with Crippen LogP contribution in [0.5, 0.6) is 0 Å². The number of piperidine rings is 1. The highest BCUT2D eigenvalue weighted by molar-refractivity contribution is 7.22. The van der Waals surface area contributed by atoms with E-state index in [0.717, 1.165) is 35.6 Å². The van der Waals surface area contributed by atoms with Gasteiger partial charge in [0.1, 0.15) is 5.76 Å². The van der Waals surface area contributed by atoms with Crippen molar-refractivity contribution in [3.8, 4) is 0 Å². The first-order valence-electron chi connectivity index (χ1n) is 8.67. The summed E-state index contributed by atoms with van der Waals surface area (Å²) in [6.45, 7) is 5.03. The SMILES string of the molecule is Cc1ccc2nc(NC(=O)c3ccc(CN4CCCCC4)o3)sc2c1. The van der Waals surface area contributed by atoms with Crippen molar-refractivity contribution < 1.29 is 9.21 Å². The minimum atomic E-state index is -0.249. The number of nitrogens with zero attached hydrogens (tertiary/aromatic N) is 2. The molecule has 3 aromatic rings. The zero-order valence-corrected chi connectivity index (χ0v) is 15.1. The Labute approximate surface area is 150 Å². The van der Waals surface area contributed by atoms with E-state index in [1.807, 2.05) is 25.1 Å². The van der Waals surface area contributed by atoms with Gasteiger partial charge in [0.25, 0.3) is 5.91 Å². The second-order valence-corrected chi connectivity index (χ2v) is 7.58. The van der Waals surface area contributed by atoms with Gasteiger partial charge in [0.05, 0.1) is 16.8 Å². The van der Waals surface area contributed by atoms with Crippen LogP contribution in [0.2, 0.25) is 0 Å². The lowest BCUT2D eigenvalue weighted by Crippen LogP contribution is -2.28. The first-order valence-corrected chi connectivity index (χ1v) is 9.49. The van der Waals surface area contributed by atoms with Crippen LogP contribution in [0.3, 0.4) is 0 Å². The number of amides is 1. The molecule has 1 aliphatic rings. The van der Waals surface area contributed by atoms with E-state index in [2.05, 4.69) is 21.3 Å². The third-order valence-corrected chi connectivity index (χ3v) is 5.41. The highest BCUT2D eigenvalue weighted by Crippen LogP contribution is 2.27. The normalized spacial score (nSPS) is 15.6. The molecule has 2 aromatic heterocycles. The summed E-state index contributed by atoms with van der Waals surface area (Å²) in [5.74, 6) is 0.926. The number of aryl methyl sites for hydroxylation is 1. The second-order valence-electron chi connectivity index (χ2n) is 6.55. The number of fused-ring (bicyclic) bond motifs is 1. The molecule has 25 heavy (non-hydrogen) atoms. The molecular formula is C19H21N3O2S. The number of nitrogens with one attached hydrogen (secondary N) is 1. The molecule has 1 aromatic carbocycles. The van der Waals surface area contributed by atoms with Gasteiger partial charge in [0.15, 0.2) is 10.9 Å². The largest absolute Gasteiger partial charge is 0.455 e. The van der Waals surface area contributed by atoms with Crippen molar-refractivity contribution in [1.82, 2.24) is 9.88 Å². The molecule has 1 fully saturated rings. The molecule has 130 valence electrons. The molecule has 1 aliphatic heterocycles. The van der Waals surface area contributed by atoms with E-state index in [0.29, 0.717) is 10.9 Å². The van der Waals surface area contributed by atoms with Crippen molar-refractivity contribution in [2.45, 2.75) is 32.7 Å². The number of rotatable bonds is 4. The molecule has 0 atom stereocenters. The van der Waals surface area contributed by atoms with Gasteiger partial charge < -0.3 is 4.42 Å². The molecule has 0 unspecified atom stereocenters. The summed E-state index contributed by atoms with van der Waals surface area (Å²) >= 11 is 1.48. The van der Waals surface area contributed by atoms with E-state index in [1.165, 1.54) is 36.2 Å². The van der Waals surface area contributed by atoms with Gasteiger partial charge >= 0.3 is 0 Å². The van der Waals surface area contributed by atoms with E-state index in [1.54, 1.807) is 6.07 Å². The maximum Gasteiger partial charge on any atom is 0.293 e. The zero-order valence-electron chi connectivity index (χ0n) is 14.2. The Morgan fingerprint density at radius 2 is 2.08 bits per heavy atom. The van der Waals surface area contributed by atoms with Crippen LogP contribution in [0.15, 0.2) is 34.7 Å². The summed E-state index contributed by atoms with van der Waals surface area (Å²) in [5, 5.41) is 3.44. The Kier molecular flexibility index (Phi) is 4.55. The highest BCUT2D eigenvalue weighted by Gasteiger charge is 2.16. The summed E-state index contributed by atoms with van der Waals surface area (Å²) in [5.41, 5.74) is 2.08.